The Morgan fingerprint density at radius 3 is 2.47 bits per heavy atom. The molecule has 1 N–H and O–H groups in total. The number of guanidine groups is 1. The molecule has 4 rings (SSSR count). The van der Waals surface area contributed by atoms with Gasteiger partial charge in [0, 0.05) is 44.7 Å². The van der Waals surface area contributed by atoms with Gasteiger partial charge in [-0.3, -0.25) is 9.79 Å². The Balaban J connectivity index is 0.00000289. The molecule has 0 bridgehead atoms. The van der Waals surface area contributed by atoms with Gasteiger partial charge in [-0.2, -0.15) is 0 Å². The molecule has 3 heterocycles. The number of nitrogens with zero attached hydrogens (tertiary/aromatic N) is 4. The van der Waals surface area contributed by atoms with Crippen LogP contribution < -0.4 is 5.32 Å². The number of rotatable bonds is 4. The summed E-state index contributed by atoms with van der Waals surface area (Å²) in [5.74, 6) is 1.82. The number of morpholine rings is 1. The quantitative estimate of drug-likeness (QED) is 0.356. The normalized spacial score (nSPS) is 17.8. The van der Waals surface area contributed by atoms with Crippen molar-refractivity contribution in [1.82, 2.24) is 20.1 Å². The van der Waals surface area contributed by atoms with Crippen LogP contribution in [0.3, 0.4) is 0 Å². The van der Waals surface area contributed by atoms with E-state index in [1.54, 1.807) is 13.3 Å². The predicted octanol–water partition coefficient (Wildman–Crippen LogP) is 2.91. The number of halogens is 1. The van der Waals surface area contributed by atoms with Crippen molar-refractivity contribution in [1.29, 1.82) is 0 Å². The van der Waals surface area contributed by atoms with Crippen molar-refractivity contribution in [2.45, 2.75) is 26.3 Å². The largest absolute Gasteiger partial charge is 0.444 e. The monoisotopic (exact) mass is 553 g/mol. The SMILES string of the molecule is CN=C(NCc1coc(-c2ccc(C)cc2)n1)N1CCC(C(=O)N2CCOCC2)CC1.I. The zero-order chi connectivity index (χ0) is 21.6. The summed E-state index contributed by atoms with van der Waals surface area (Å²) in [6.45, 7) is 6.94. The number of nitrogens with one attached hydrogen (secondary N) is 1. The van der Waals surface area contributed by atoms with E-state index in [1.165, 1.54) is 5.56 Å². The lowest BCUT2D eigenvalue weighted by molar-refractivity contribution is -0.140. The Morgan fingerprint density at radius 2 is 1.81 bits per heavy atom. The Bertz CT molecular complexity index is 901. The Kier molecular flexibility index (Phi) is 8.92. The first-order chi connectivity index (χ1) is 15.1. The number of likely N-dealkylation sites (tertiary alicyclic amines) is 1. The zero-order valence-corrected chi connectivity index (χ0v) is 21.1. The topological polar surface area (TPSA) is 83.2 Å². The molecule has 2 aliphatic rings. The van der Waals surface area contributed by atoms with Gasteiger partial charge in [0.05, 0.1) is 25.5 Å². The van der Waals surface area contributed by atoms with Gasteiger partial charge in [-0.25, -0.2) is 4.98 Å². The van der Waals surface area contributed by atoms with Gasteiger partial charge >= 0.3 is 0 Å². The van der Waals surface area contributed by atoms with Gasteiger partial charge < -0.3 is 24.3 Å². The van der Waals surface area contributed by atoms with Gasteiger partial charge in [0.25, 0.3) is 0 Å². The predicted molar refractivity (Wildman–Crippen MR) is 134 cm³/mol. The van der Waals surface area contributed by atoms with E-state index in [0.29, 0.717) is 38.7 Å². The van der Waals surface area contributed by atoms with E-state index >= 15 is 0 Å². The summed E-state index contributed by atoms with van der Waals surface area (Å²) >= 11 is 0. The molecule has 174 valence electrons. The minimum Gasteiger partial charge on any atom is -0.444 e. The van der Waals surface area contributed by atoms with Crippen LogP contribution in [-0.2, 0) is 16.1 Å². The van der Waals surface area contributed by atoms with Crippen LogP contribution >= 0.6 is 24.0 Å². The van der Waals surface area contributed by atoms with Crippen LogP contribution in [0.15, 0.2) is 39.9 Å². The summed E-state index contributed by atoms with van der Waals surface area (Å²) in [7, 11) is 1.79. The minimum absolute atomic E-state index is 0. The van der Waals surface area contributed by atoms with E-state index in [9.17, 15) is 4.79 Å². The molecule has 1 aromatic carbocycles. The summed E-state index contributed by atoms with van der Waals surface area (Å²) in [5.41, 5.74) is 3.00. The van der Waals surface area contributed by atoms with Gasteiger partial charge in [-0.15, -0.1) is 24.0 Å². The number of piperidine rings is 1. The smallest absolute Gasteiger partial charge is 0.226 e. The maximum Gasteiger partial charge on any atom is 0.226 e. The third-order valence-corrected chi connectivity index (χ3v) is 5.96. The highest BCUT2D eigenvalue weighted by molar-refractivity contribution is 14.0. The number of aryl methyl sites for hydroxylation is 1. The average molecular weight is 553 g/mol. The molecule has 2 saturated heterocycles. The first kappa shape index (κ1) is 24.5. The van der Waals surface area contributed by atoms with Crippen LogP contribution in [0, 0.1) is 12.8 Å². The first-order valence-corrected chi connectivity index (χ1v) is 11.0. The first-order valence-electron chi connectivity index (χ1n) is 11.0. The van der Waals surface area contributed by atoms with Crippen molar-refractivity contribution in [3.63, 3.8) is 0 Å². The van der Waals surface area contributed by atoms with E-state index < -0.39 is 0 Å². The molecule has 32 heavy (non-hydrogen) atoms. The maximum absolute atomic E-state index is 12.7. The van der Waals surface area contributed by atoms with Crippen molar-refractivity contribution in [2.75, 3.05) is 46.4 Å². The number of amides is 1. The molecule has 0 unspecified atom stereocenters. The molecule has 2 aromatic rings. The molecule has 9 heteroatoms. The lowest BCUT2D eigenvalue weighted by atomic mass is 9.95. The van der Waals surface area contributed by atoms with Crippen molar-refractivity contribution in [3.8, 4) is 11.5 Å². The number of hydrogen-bond donors (Lipinski definition) is 1. The highest BCUT2D eigenvalue weighted by Crippen LogP contribution is 2.21. The second kappa shape index (κ2) is 11.6. The van der Waals surface area contributed by atoms with Crippen molar-refractivity contribution < 1.29 is 13.9 Å². The molecule has 2 aliphatic heterocycles. The van der Waals surface area contributed by atoms with Crippen LogP contribution in [-0.4, -0.2) is 73.1 Å². The number of ether oxygens (including phenoxy) is 1. The molecule has 8 nitrogen and oxygen atoms in total. The molecule has 2 fully saturated rings. The molecule has 0 saturated carbocycles. The van der Waals surface area contributed by atoms with Gasteiger partial charge in [-0.05, 0) is 31.9 Å². The molecule has 0 atom stereocenters. The van der Waals surface area contributed by atoms with Crippen molar-refractivity contribution >= 4 is 35.8 Å². The van der Waals surface area contributed by atoms with Crippen molar-refractivity contribution in [3.05, 3.63) is 41.8 Å². The lowest BCUT2D eigenvalue weighted by Gasteiger charge is -2.36. The third-order valence-electron chi connectivity index (χ3n) is 5.96. The van der Waals surface area contributed by atoms with E-state index in [-0.39, 0.29) is 35.8 Å². The molecule has 0 radical (unpaired) electrons. The second-order valence-corrected chi connectivity index (χ2v) is 8.11. The molecule has 0 spiro atoms. The third kappa shape index (κ3) is 6.00. The number of carbonyl (C=O) groups is 1. The summed E-state index contributed by atoms with van der Waals surface area (Å²) in [4.78, 5) is 25.9. The van der Waals surface area contributed by atoms with Gasteiger partial charge in [0.1, 0.15) is 6.26 Å². The summed E-state index contributed by atoms with van der Waals surface area (Å²) in [6, 6.07) is 8.12. The van der Waals surface area contributed by atoms with Gasteiger partial charge in [-0.1, -0.05) is 17.7 Å². The Labute approximate surface area is 206 Å². The van der Waals surface area contributed by atoms with Crippen LogP contribution in [0.4, 0.5) is 0 Å². The second-order valence-electron chi connectivity index (χ2n) is 8.11. The number of oxazole rings is 1. The number of aromatic nitrogens is 1. The van der Waals surface area contributed by atoms with Crippen LogP contribution in [0.25, 0.3) is 11.5 Å². The summed E-state index contributed by atoms with van der Waals surface area (Å²) < 4.78 is 11.0. The lowest BCUT2D eigenvalue weighted by Crippen LogP contribution is -2.49. The van der Waals surface area contributed by atoms with Crippen LogP contribution in [0.5, 0.6) is 0 Å². The number of carbonyl (C=O) groups excluding carboxylic acids is 1. The number of benzene rings is 1. The molecular formula is C23H32IN5O3. The maximum atomic E-state index is 12.7. The van der Waals surface area contributed by atoms with Crippen LogP contribution in [0.2, 0.25) is 0 Å². The highest BCUT2D eigenvalue weighted by atomic mass is 127. The Hall–Kier alpha value is -2.14. The van der Waals surface area contributed by atoms with Gasteiger partial charge in [0.2, 0.25) is 11.8 Å². The summed E-state index contributed by atoms with van der Waals surface area (Å²) in [6.07, 6.45) is 3.37. The van der Waals surface area contributed by atoms with Gasteiger partial charge in [0.15, 0.2) is 5.96 Å². The summed E-state index contributed by atoms with van der Waals surface area (Å²) in [5, 5.41) is 3.38. The van der Waals surface area contributed by atoms with Crippen molar-refractivity contribution in [2.24, 2.45) is 10.9 Å². The standard InChI is InChI=1S/C23H31N5O3.HI/c1-17-3-5-18(6-4-17)21-26-20(16-31-21)15-25-23(24-2)28-9-7-19(8-10-28)22(29)27-11-13-30-14-12-27;/h3-6,16,19H,7-15H2,1-2H3,(H,24,25);1H. The minimum atomic E-state index is 0. The number of hydrogen-bond acceptors (Lipinski definition) is 5. The van der Waals surface area contributed by atoms with E-state index in [4.69, 9.17) is 9.15 Å². The van der Waals surface area contributed by atoms with E-state index in [2.05, 4.69) is 27.1 Å². The Morgan fingerprint density at radius 1 is 1.12 bits per heavy atom. The molecular weight excluding hydrogens is 521 g/mol. The highest BCUT2D eigenvalue weighted by Gasteiger charge is 2.30. The molecule has 1 amide bonds. The van der Waals surface area contributed by atoms with Crippen LogP contribution in [0.1, 0.15) is 24.1 Å². The fourth-order valence-electron chi connectivity index (χ4n) is 4.10. The fraction of sp³-hybridized carbons (Fsp3) is 0.522. The zero-order valence-electron chi connectivity index (χ0n) is 18.7. The molecule has 0 aliphatic carbocycles. The fourth-order valence-corrected chi connectivity index (χ4v) is 4.10. The number of aliphatic imine (C=N–C) groups is 1. The van der Waals surface area contributed by atoms with E-state index in [1.807, 2.05) is 29.2 Å². The average Bonchev–Trinajstić information content (AvgIpc) is 3.29. The van der Waals surface area contributed by atoms with E-state index in [0.717, 1.165) is 43.1 Å². The molecule has 1 aromatic heterocycles.